The molecule has 0 aliphatic rings. The summed E-state index contributed by atoms with van der Waals surface area (Å²) >= 11 is 4.61. The van der Waals surface area contributed by atoms with Crippen LogP contribution in [0.5, 0.6) is 0 Å². The molecule has 0 bridgehead atoms. The van der Waals surface area contributed by atoms with Gasteiger partial charge in [0.25, 0.3) is 0 Å². The Hall–Kier alpha value is 0.300. The van der Waals surface area contributed by atoms with Crippen LogP contribution in [-0.4, -0.2) is 0 Å². The third-order valence-electron chi connectivity index (χ3n) is 0.0345. The fraction of sp³-hybridized carbons (Fsp3) is 0. The molecular formula is CClOP. The van der Waals surface area contributed by atoms with Crippen LogP contribution in [0.4, 0.5) is 0 Å². The van der Waals surface area contributed by atoms with E-state index in [0.29, 0.717) is 0 Å². The van der Waals surface area contributed by atoms with Gasteiger partial charge in [0.15, 0.2) is 0 Å². The fourth-order valence-electron chi connectivity index (χ4n) is 0. The van der Waals surface area contributed by atoms with Crippen LogP contribution in [0.1, 0.15) is 0 Å². The van der Waals surface area contributed by atoms with E-state index in [1.807, 2.05) is 5.09 Å². The zero-order valence-electron chi connectivity index (χ0n) is 1.73. The molecule has 22 valence electrons. The molecule has 0 aromatic heterocycles. The maximum absolute atomic E-state index is 9.03. The molecule has 0 saturated heterocycles. The van der Waals surface area contributed by atoms with Crippen molar-refractivity contribution < 1.29 is 4.57 Å². The third kappa shape index (κ3) is 2.30. The van der Waals surface area contributed by atoms with E-state index in [2.05, 4.69) is 11.6 Å². The molecule has 0 N–H and O–H groups in total. The molecule has 0 aliphatic carbocycles. The summed E-state index contributed by atoms with van der Waals surface area (Å²) < 4.78 is 9.03. The van der Waals surface area contributed by atoms with Gasteiger partial charge in [0.05, 0.1) is 0 Å². The SMILES string of the molecule is O=P#CCl. The summed E-state index contributed by atoms with van der Waals surface area (Å²) in [5.74, 6) is 0. The predicted octanol–water partition coefficient (Wildman–Crippen LogP) is 1.43. The van der Waals surface area contributed by atoms with Crippen LogP contribution in [0.25, 0.3) is 0 Å². The van der Waals surface area contributed by atoms with Crippen LogP contribution in [-0.2, 0) is 4.57 Å². The van der Waals surface area contributed by atoms with Crippen molar-refractivity contribution in [2.45, 2.75) is 0 Å². The van der Waals surface area contributed by atoms with Gasteiger partial charge in [0, 0.05) is 0 Å². The van der Waals surface area contributed by atoms with Crippen molar-refractivity contribution in [1.82, 2.24) is 0 Å². The Kier molecular flexibility index (Phi) is 3.55. The molecule has 0 fully saturated rings. The molecule has 0 atom stereocenters. The van der Waals surface area contributed by atoms with Crippen LogP contribution in [0, 0.1) is 5.09 Å². The molecule has 4 heavy (non-hydrogen) atoms. The summed E-state index contributed by atoms with van der Waals surface area (Å²) in [6.07, 6.45) is 0. The summed E-state index contributed by atoms with van der Waals surface area (Å²) in [6, 6.07) is 0. The Labute approximate surface area is 30.1 Å². The normalized spacial score (nSPS) is 4.25. The molecule has 0 aromatic rings. The summed E-state index contributed by atoms with van der Waals surface area (Å²) in [4.78, 5) is 0. The second-order valence-electron chi connectivity index (χ2n) is 0.176. The molecule has 1 nitrogen and oxygen atoms in total. The molecule has 0 amide bonds. The van der Waals surface area contributed by atoms with Crippen LogP contribution >= 0.6 is 19.5 Å². The average molecular weight is 94.4 g/mol. The summed E-state index contributed by atoms with van der Waals surface area (Å²) in [6.45, 7) is 0. The van der Waals surface area contributed by atoms with Gasteiger partial charge in [-0.15, -0.1) is 0 Å². The van der Waals surface area contributed by atoms with Crippen molar-refractivity contribution in [3.63, 3.8) is 0 Å². The molecule has 0 heterocycles. The van der Waals surface area contributed by atoms with Crippen molar-refractivity contribution in [2.24, 2.45) is 0 Å². The van der Waals surface area contributed by atoms with E-state index < -0.39 is 0 Å². The Bertz CT molecular complexity index is 79.2. The van der Waals surface area contributed by atoms with E-state index in [4.69, 9.17) is 4.57 Å². The minimum absolute atomic E-state index is 0.236. The first-order chi connectivity index (χ1) is 1.91. The molecule has 3 heteroatoms. The molecule has 0 radical (unpaired) electrons. The molecule has 0 aliphatic heterocycles. The van der Waals surface area contributed by atoms with Gasteiger partial charge in [-0.05, 0) is 0 Å². The minimum atomic E-state index is -0.236. The monoisotopic (exact) mass is 93.9 g/mol. The topological polar surface area (TPSA) is 17.1 Å². The molecule has 0 unspecified atom stereocenters. The van der Waals surface area contributed by atoms with E-state index in [1.165, 1.54) is 0 Å². The fourth-order valence-corrected chi connectivity index (χ4v) is 0. The second-order valence-corrected chi connectivity index (χ2v) is 1.03. The number of rotatable bonds is 0. The van der Waals surface area contributed by atoms with Crippen LogP contribution in [0.3, 0.4) is 0 Å². The number of halogens is 1. The molecule has 0 spiro atoms. The van der Waals surface area contributed by atoms with Gasteiger partial charge in [-0.3, -0.25) is 0 Å². The summed E-state index contributed by atoms with van der Waals surface area (Å²) in [5, 5.41) is 1.82. The van der Waals surface area contributed by atoms with Gasteiger partial charge in [0.2, 0.25) is 0 Å². The predicted molar refractivity (Wildman–Crippen MR) is 17.3 cm³/mol. The molecule has 0 saturated carbocycles. The third-order valence-corrected chi connectivity index (χ3v) is 0.311. The first-order valence-corrected chi connectivity index (χ1v) is 1.79. The molecule has 0 rings (SSSR count). The van der Waals surface area contributed by atoms with Crippen LogP contribution in [0.2, 0.25) is 0 Å². The van der Waals surface area contributed by atoms with Gasteiger partial charge in [-0.25, -0.2) is 0 Å². The standard InChI is InChI=1S/CClOP/c2-1-4-3. The van der Waals surface area contributed by atoms with Crippen LogP contribution < -0.4 is 0 Å². The zero-order valence-corrected chi connectivity index (χ0v) is 3.38. The Morgan fingerprint density at radius 1 is 2.00 bits per heavy atom. The van der Waals surface area contributed by atoms with Gasteiger partial charge >= 0.3 is 29.2 Å². The second kappa shape index (κ2) is 3.30. The van der Waals surface area contributed by atoms with E-state index in [-0.39, 0.29) is 7.92 Å². The Morgan fingerprint density at radius 3 is 2.25 bits per heavy atom. The number of hydrogen-bond donors (Lipinski definition) is 0. The quantitative estimate of drug-likeness (QED) is 0.415. The van der Waals surface area contributed by atoms with E-state index in [0.717, 1.165) is 0 Å². The van der Waals surface area contributed by atoms with Gasteiger partial charge in [-0.1, -0.05) is 0 Å². The Balaban J connectivity index is 3.53. The first-order valence-electron chi connectivity index (χ1n) is 0.595. The maximum atomic E-state index is 9.03. The first kappa shape index (κ1) is 4.30. The van der Waals surface area contributed by atoms with Crippen molar-refractivity contribution in [1.29, 1.82) is 0 Å². The van der Waals surface area contributed by atoms with E-state index in [1.54, 1.807) is 0 Å². The van der Waals surface area contributed by atoms with Gasteiger partial charge in [0.1, 0.15) is 0 Å². The van der Waals surface area contributed by atoms with E-state index in [9.17, 15) is 0 Å². The van der Waals surface area contributed by atoms with Gasteiger partial charge in [-0.2, -0.15) is 0 Å². The van der Waals surface area contributed by atoms with Crippen molar-refractivity contribution in [3.8, 4) is 5.09 Å². The molecular weight excluding hydrogens is 94.4 g/mol. The summed E-state index contributed by atoms with van der Waals surface area (Å²) in [5.41, 5.74) is 0. The Morgan fingerprint density at radius 2 is 2.25 bits per heavy atom. The summed E-state index contributed by atoms with van der Waals surface area (Å²) in [7, 11) is -0.236. The van der Waals surface area contributed by atoms with Crippen molar-refractivity contribution >= 4 is 19.5 Å². The van der Waals surface area contributed by atoms with Crippen molar-refractivity contribution in [2.75, 3.05) is 0 Å². The average Bonchev–Trinajstić information content (AvgIpc) is 1.37. The zero-order chi connectivity index (χ0) is 3.41. The van der Waals surface area contributed by atoms with Crippen LogP contribution in [0.15, 0.2) is 0 Å². The molecule has 0 aromatic carbocycles. The van der Waals surface area contributed by atoms with Crippen molar-refractivity contribution in [3.05, 3.63) is 0 Å². The van der Waals surface area contributed by atoms with E-state index >= 15 is 0 Å². The number of hydrogen-bond acceptors (Lipinski definition) is 1. The van der Waals surface area contributed by atoms with Gasteiger partial charge < -0.3 is 0 Å².